The molecule has 0 aliphatic carbocycles. The zero-order valence-corrected chi connectivity index (χ0v) is 19.2. The van der Waals surface area contributed by atoms with Crippen molar-refractivity contribution in [3.63, 3.8) is 0 Å². The van der Waals surface area contributed by atoms with E-state index in [9.17, 15) is 9.18 Å². The first-order chi connectivity index (χ1) is 16.0. The van der Waals surface area contributed by atoms with Gasteiger partial charge in [-0.25, -0.2) is 14.4 Å². The van der Waals surface area contributed by atoms with Crippen molar-refractivity contribution in [3.8, 4) is 17.3 Å². The van der Waals surface area contributed by atoms with Crippen molar-refractivity contribution in [2.24, 2.45) is 0 Å². The van der Waals surface area contributed by atoms with Crippen molar-refractivity contribution in [2.45, 2.75) is 33.2 Å². The van der Waals surface area contributed by atoms with E-state index < -0.39 is 0 Å². The topological polar surface area (TPSA) is 89.3 Å². The number of nitrogens with zero attached hydrogens (tertiary/aromatic N) is 7. The number of aromatic nitrogens is 5. The summed E-state index contributed by atoms with van der Waals surface area (Å²) in [7, 11) is 1.57. The first-order valence-electron chi connectivity index (χ1n) is 11.1. The highest BCUT2D eigenvalue weighted by Gasteiger charge is 2.24. The molecule has 1 amide bonds. The Kier molecular flexibility index (Phi) is 6.81. The normalized spacial score (nSPS) is 13.9. The van der Waals surface area contributed by atoms with Crippen LogP contribution in [0.3, 0.4) is 0 Å². The number of rotatable bonds is 7. The predicted octanol–water partition coefficient (Wildman–Crippen LogP) is 2.49. The van der Waals surface area contributed by atoms with Gasteiger partial charge in [-0.1, -0.05) is 13.3 Å². The molecular weight excluding hydrogens is 425 g/mol. The Morgan fingerprint density at radius 3 is 2.58 bits per heavy atom. The number of aryl methyl sites for hydroxylation is 2. The monoisotopic (exact) mass is 453 g/mol. The second-order valence-electron chi connectivity index (χ2n) is 8.03. The number of hydrogen-bond acceptors (Lipinski definition) is 7. The van der Waals surface area contributed by atoms with Crippen LogP contribution in [0.25, 0.3) is 11.4 Å². The Morgan fingerprint density at radius 2 is 1.88 bits per heavy atom. The smallest absolute Gasteiger partial charge is 0.244 e. The maximum atomic E-state index is 14.0. The summed E-state index contributed by atoms with van der Waals surface area (Å²) >= 11 is 0. The summed E-state index contributed by atoms with van der Waals surface area (Å²) in [5, 5.41) is 4.59. The zero-order chi connectivity index (χ0) is 23.4. The number of anilines is 1. The van der Waals surface area contributed by atoms with E-state index in [2.05, 4.69) is 31.9 Å². The summed E-state index contributed by atoms with van der Waals surface area (Å²) < 4.78 is 20.9. The molecule has 33 heavy (non-hydrogen) atoms. The fourth-order valence-electron chi connectivity index (χ4n) is 3.84. The molecule has 0 atom stereocenters. The lowest BCUT2D eigenvalue weighted by Crippen LogP contribution is -2.50. The van der Waals surface area contributed by atoms with Crippen LogP contribution in [0, 0.1) is 12.7 Å². The minimum atomic E-state index is -0.318. The zero-order valence-electron chi connectivity index (χ0n) is 19.2. The third-order valence-corrected chi connectivity index (χ3v) is 5.75. The van der Waals surface area contributed by atoms with E-state index in [-0.39, 0.29) is 18.3 Å². The fourth-order valence-corrected chi connectivity index (χ4v) is 3.84. The number of pyridine rings is 1. The second kappa shape index (κ2) is 9.93. The average Bonchev–Trinajstić information content (AvgIpc) is 3.23. The van der Waals surface area contributed by atoms with Crippen LogP contribution in [0.1, 0.15) is 24.6 Å². The molecule has 174 valence electrons. The number of halogens is 1. The lowest BCUT2D eigenvalue weighted by molar-refractivity contribution is -0.132. The van der Waals surface area contributed by atoms with Crippen LogP contribution in [-0.4, -0.2) is 68.8 Å². The van der Waals surface area contributed by atoms with Crippen LogP contribution < -0.4 is 9.64 Å². The highest BCUT2D eigenvalue weighted by molar-refractivity contribution is 5.76. The van der Waals surface area contributed by atoms with Crippen LogP contribution in [0.5, 0.6) is 5.88 Å². The number of methoxy groups -OCH3 is 1. The third-order valence-electron chi connectivity index (χ3n) is 5.75. The summed E-state index contributed by atoms with van der Waals surface area (Å²) in [5.41, 5.74) is 2.47. The summed E-state index contributed by atoms with van der Waals surface area (Å²) in [6.07, 6.45) is 4.67. The molecule has 9 nitrogen and oxygen atoms in total. The SMILES string of the molecule is CCCc1cc(-c2cc(F)c(C)cn2)nn1CC(=O)N1CCN(c2cc(OC)ncn2)CC1. The molecule has 3 aromatic heterocycles. The van der Waals surface area contributed by atoms with Gasteiger partial charge >= 0.3 is 0 Å². The Hall–Kier alpha value is -3.56. The Balaban J connectivity index is 1.43. The molecule has 0 saturated carbocycles. The van der Waals surface area contributed by atoms with Crippen LogP contribution >= 0.6 is 0 Å². The summed E-state index contributed by atoms with van der Waals surface area (Å²) in [4.78, 5) is 29.6. The van der Waals surface area contributed by atoms with Crippen molar-refractivity contribution in [3.05, 3.63) is 47.8 Å². The lowest BCUT2D eigenvalue weighted by atomic mass is 10.2. The van der Waals surface area contributed by atoms with E-state index in [0.29, 0.717) is 49.0 Å². The van der Waals surface area contributed by atoms with Crippen molar-refractivity contribution < 1.29 is 13.9 Å². The predicted molar refractivity (Wildman–Crippen MR) is 122 cm³/mol. The second-order valence-corrected chi connectivity index (χ2v) is 8.03. The first-order valence-corrected chi connectivity index (χ1v) is 11.1. The van der Waals surface area contributed by atoms with Gasteiger partial charge in [0.15, 0.2) is 0 Å². The summed E-state index contributed by atoms with van der Waals surface area (Å²) in [6.45, 7) is 6.41. The van der Waals surface area contributed by atoms with Gasteiger partial charge < -0.3 is 14.5 Å². The molecule has 0 N–H and O–H groups in total. The first kappa shape index (κ1) is 22.6. The number of hydrogen-bond donors (Lipinski definition) is 0. The van der Waals surface area contributed by atoms with Crippen LogP contribution in [0.15, 0.2) is 30.7 Å². The molecule has 1 fully saturated rings. The van der Waals surface area contributed by atoms with Crippen molar-refractivity contribution in [1.82, 2.24) is 29.6 Å². The lowest BCUT2D eigenvalue weighted by Gasteiger charge is -2.35. The number of carbonyl (C=O) groups excluding carboxylic acids is 1. The average molecular weight is 454 g/mol. The van der Waals surface area contributed by atoms with Gasteiger partial charge in [-0.05, 0) is 19.4 Å². The summed E-state index contributed by atoms with van der Waals surface area (Å²) in [6, 6.07) is 5.08. The van der Waals surface area contributed by atoms with E-state index in [4.69, 9.17) is 4.74 Å². The number of amides is 1. The standard InChI is InChI=1S/C23H28FN7O2/c1-4-5-17-10-20(19-11-18(24)16(2)13-25-19)28-31(17)14-23(32)30-8-6-29(7-9-30)21-12-22(33-3)27-15-26-21/h10-13,15H,4-9,14H2,1-3H3. The molecule has 4 rings (SSSR count). The van der Waals surface area contributed by atoms with Gasteiger partial charge in [0.2, 0.25) is 11.8 Å². The van der Waals surface area contributed by atoms with Gasteiger partial charge in [-0.2, -0.15) is 5.10 Å². The van der Waals surface area contributed by atoms with E-state index in [1.165, 1.54) is 18.6 Å². The number of carbonyl (C=O) groups is 1. The quantitative estimate of drug-likeness (QED) is 0.543. The molecule has 1 aliphatic rings. The number of ether oxygens (including phenoxy) is 1. The molecule has 3 aromatic rings. The van der Waals surface area contributed by atoms with Crippen LogP contribution in [-0.2, 0) is 17.8 Å². The Bertz CT molecular complexity index is 1130. The van der Waals surface area contributed by atoms with Gasteiger partial charge in [0.1, 0.15) is 30.2 Å². The molecule has 0 unspecified atom stereocenters. The minimum Gasteiger partial charge on any atom is -0.481 e. The molecule has 0 aromatic carbocycles. The Morgan fingerprint density at radius 1 is 1.09 bits per heavy atom. The molecule has 0 spiro atoms. The minimum absolute atomic E-state index is 0.00460. The largest absolute Gasteiger partial charge is 0.481 e. The van der Waals surface area contributed by atoms with E-state index >= 15 is 0 Å². The van der Waals surface area contributed by atoms with Gasteiger partial charge in [-0.3, -0.25) is 14.5 Å². The van der Waals surface area contributed by atoms with Crippen molar-refractivity contribution in [2.75, 3.05) is 38.2 Å². The molecule has 10 heteroatoms. The van der Waals surface area contributed by atoms with Gasteiger partial charge in [-0.15, -0.1) is 0 Å². The van der Waals surface area contributed by atoms with Gasteiger partial charge in [0.05, 0.1) is 12.8 Å². The molecule has 1 aliphatic heterocycles. The van der Waals surface area contributed by atoms with Crippen molar-refractivity contribution >= 4 is 11.7 Å². The highest BCUT2D eigenvalue weighted by atomic mass is 19.1. The maximum Gasteiger partial charge on any atom is 0.244 e. The Labute approximate surface area is 192 Å². The molecule has 0 bridgehead atoms. The molecular formula is C23H28FN7O2. The third kappa shape index (κ3) is 5.10. The highest BCUT2D eigenvalue weighted by Crippen LogP contribution is 2.21. The van der Waals surface area contributed by atoms with E-state index in [1.54, 1.807) is 24.8 Å². The summed E-state index contributed by atoms with van der Waals surface area (Å²) in [5.74, 6) is 0.986. The molecule has 4 heterocycles. The van der Waals surface area contributed by atoms with Crippen molar-refractivity contribution in [1.29, 1.82) is 0 Å². The van der Waals surface area contributed by atoms with E-state index in [1.807, 2.05) is 11.0 Å². The maximum absolute atomic E-state index is 14.0. The van der Waals surface area contributed by atoms with Crippen LogP contribution in [0.4, 0.5) is 10.2 Å². The molecule has 0 radical (unpaired) electrons. The van der Waals surface area contributed by atoms with Gasteiger partial charge in [0.25, 0.3) is 0 Å². The van der Waals surface area contributed by atoms with Crippen LogP contribution in [0.2, 0.25) is 0 Å². The van der Waals surface area contributed by atoms with E-state index in [0.717, 1.165) is 24.4 Å². The fraction of sp³-hybridized carbons (Fsp3) is 0.435. The molecule has 1 saturated heterocycles. The van der Waals surface area contributed by atoms with Gasteiger partial charge in [0, 0.05) is 55.8 Å². The number of piperazine rings is 1.